The molecule has 0 saturated carbocycles. The lowest BCUT2D eigenvalue weighted by Crippen LogP contribution is -2.25. The number of oxazole rings is 1. The third kappa shape index (κ3) is 4.72. The fraction of sp³-hybridized carbons (Fsp3) is 0.125. The van der Waals surface area contributed by atoms with Crippen LogP contribution >= 0.6 is 0 Å². The summed E-state index contributed by atoms with van der Waals surface area (Å²) in [7, 11) is 1.34. The van der Waals surface area contributed by atoms with Gasteiger partial charge < -0.3 is 19.0 Å². The minimum absolute atomic E-state index is 0.200. The molecule has 0 bridgehead atoms. The van der Waals surface area contributed by atoms with Crippen LogP contribution in [0.15, 0.2) is 83.6 Å². The molecule has 2 aromatic carbocycles. The van der Waals surface area contributed by atoms with Gasteiger partial charge in [-0.1, -0.05) is 30.3 Å². The zero-order valence-corrected chi connectivity index (χ0v) is 16.9. The van der Waals surface area contributed by atoms with E-state index in [0.717, 1.165) is 16.8 Å². The molecule has 0 aliphatic heterocycles. The number of nitrogens with one attached hydrogen (secondary N) is 1. The maximum Gasteiger partial charge on any atom is 0.337 e. The number of ether oxygens (including phenoxy) is 1. The number of rotatable bonds is 7. The minimum atomic E-state index is -0.392. The maximum atomic E-state index is 12.7. The molecule has 0 saturated heterocycles. The van der Waals surface area contributed by atoms with Gasteiger partial charge in [-0.15, -0.1) is 0 Å². The van der Waals surface area contributed by atoms with Crippen LogP contribution in [0.1, 0.15) is 32.1 Å². The second-order valence-electron chi connectivity index (χ2n) is 6.90. The molecule has 7 nitrogen and oxygen atoms in total. The van der Waals surface area contributed by atoms with Crippen LogP contribution in [0.4, 0.5) is 0 Å². The Morgan fingerprint density at radius 3 is 2.55 bits per heavy atom. The Labute approximate surface area is 179 Å². The van der Waals surface area contributed by atoms with Crippen LogP contribution in [0.25, 0.3) is 11.5 Å². The summed E-state index contributed by atoms with van der Waals surface area (Å²) < 4.78 is 12.1. The molecular formula is C24H21N3O4. The summed E-state index contributed by atoms with van der Waals surface area (Å²) in [5, 5.41) is 2.90. The average Bonchev–Trinajstić information content (AvgIpc) is 3.48. The Morgan fingerprint density at radius 2 is 1.81 bits per heavy atom. The zero-order chi connectivity index (χ0) is 21.6. The number of aromatic nitrogens is 2. The molecule has 0 spiro atoms. The van der Waals surface area contributed by atoms with Gasteiger partial charge in [0.05, 0.1) is 24.9 Å². The summed E-state index contributed by atoms with van der Waals surface area (Å²) in [5.41, 5.74) is 3.49. The van der Waals surface area contributed by atoms with Crippen molar-refractivity contribution in [2.45, 2.75) is 13.1 Å². The van der Waals surface area contributed by atoms with E-state index >= 15 is 0 Å². The highest BCUT2D eigenvalue weighted by Gasteiger charge is 2.13. The third-order valence-corrected chi connectivity index (χ3v) is 4.80. The number of amides is 1. The van der Waals surface area contributed by atoms with E-state index in [2.05, 4.69) is 15.0 Å². The summed E-state index contributed by atoms with van der Waals surface area (Å²) in [6, 6.07) is 20.1. The van der Waals surface area contributed by atoms with Gasteiger partial charge in [0.2, 0.25) is 5.89 Å². The fourth-order valence-corrected chi connectivity index (χ4v) is 3.17. The van der Waals surface area contributed by atoms with Crippen LogP contribution < -0.4 is 5.32 Å². The van der Waals surface area contributed by atoms with Crippen molar-refractivity contribution in [3.8, 4) is 11.5 Å². The van der Waals surface area contributed by atoms with E-state index < -0.39 is 5.97 Å². The molecule has 1 N–H and O–H groups in total. The summed E-state index contributed by atoms with van der Waals surface area (Å²) in [6.45, 7) is 0.757. The Morgan fingerprint density at radius 1 is 1.03 bits per heavy atom. The SMILES string of the molecule is COC(=O)c1ccc(CNC(=O)c2cccn2Cc2coc(-c3ccccc3)n2)cc1. The van der Waals surface area contributed by atoms with Crippen molar-refractivity contribution in [2.75, 3.05) is 7.11 Å². The fourth-order valence-electron chi connectivity index (χ4n) is 3.17. The quantitative estimate of drug-likeness (QED) is 0.463. The molecule has 0 aliphatic carbocycles. The van der Waals surface area contributed by atoms with Crippen LogP contribution in [0.2, 0.25) is 0 Å². The normalized spacial score (nSPS) is 10.6. The molecule has 0 unspecified atom stereocenters. The Kier molecular flexibility index (Phi) is 5.93. The van der Waals surface area contributed by atoms with E-state index in [1.54, 1.807) is 36.6 Å². The molecule has 0 radical (unpaired) electrons. The molecule has 2 heterocycles. The zero-order valence-electron chi connectivity index (χ0n) is 16.9. The molecule has 31 heavy (non-hydrogen) atoms. The van der Waals surface area contributed by atoms with Gasteiger partial charge in [0.1, 0.15) is 12.0 Å². The average molecular weight is 415 g/mol. The van der Waals surface area contributed by atoms with Gasteiger partial charge >= 0.3 is 5.97 Å². The van der Waals surface area contributed by atoms with Crippen LogP contribution in [0, 0.1) is 0 Å². The predicted molar refractivity (Wildman–Crippen MR) is 114 cm³/mol. The van der Waals surface area contributed by atoms with Crippen molar-refractivity contribution in [2.24, 2.45) is 0 Å². The van der Waals surface area contributed by atoms with Gasteiger partial charge in [0, 0.05) is 18.3 Å². The van der Waals surface area contributed by atoms with Gasteiger partial charge in [0.25, 0.3) is 5.91 Å². The van der Waals surface area contributed by atoms with Crippen LogP contribution in [-0.4, -0.2) is 28.5 Å². The lowest BCUT2D eigenvalue weighted by molar-refractivity contribution is 0.0600. The number of carbonyl (C=O) groups is 2. The molecule has 4 rings (SSSR count). The van der Waals surface area contributed by atoms with Crippen LogP contribution in [-0.2, 0) is 17.8 Å². The molecule has 1 amide bonds. The van der Waals surface area contributed by atoms with Crippen molar-refractivity contribution >= 4 is 11.9 Å². The van der Waals surface area contributed by atoms with Crippen molar-refractivity contribution in [1.29, 1.82) is 0 Å². The van der Waals surface area contributed by atoms with Gasteiger partial charge in [-0.3, -0.25) is 4.79 Å². The number of nitrogens with zero attached hydrogens (tertiary/aromatic N) is 2. The Balaban J connectivity index is 1.39. The van der Waals surface area contributed by atoms with Crippen molar-refractivity contribution in [3.05, 3.63) is 102 Å². The molecule has 156 valence electrons. The summed E-state index contributed by atoms with van der Waals surface area (Å²) >= 11 is 0. The third-order valence-electron chi connectivity index (χ3n) is 4.80. The number of carbonyl (C=O) groups excluding carboxylic acids is 2. The van der Waals surface area contributed by atoms with Crippen LogP contribution in [0.5, 0.6) is 0 Å². The lowest BCUT2D eigenvalue weighted by atomic mass is 10.1. The number of benzene rings is 2. The molecule has 4 aromatic rings. The summed E-state index contributed by atoms with van der Waals surface area (Å²) in [5.74, 6) is -0.0466. The molecular weight excluding hydrogens is 394 g/mol. The first-order valence-corrected chi connectivity index (χ1v) is 9.74. The standard InChI is InChI=1S/C24H21N3O4/c1-30-24(29)19-11-9-17(10-12-19)14-25-22(28)21-8-5-13-27(21)15-20-16-31-23(26-20)18-6-3-2-4-7-18/h2-13,16H,14-15H2,1H3,(H,25,28). The Bertz CT molecular complexity index is 1180. The molecule has 0 fully saturated rings. The first-order chi connectivity index (χ1) is 15.1. The van der Waals surface area contributed by atoms with E-state index in [1.807, 2.05) is 47.2 Å². The molecule has 7 heteroatoms. The number of methoxy groups -OCH3 is 1. The van der Waals surface area contributed by atoms with Crippen molar-refractivity contribution in [3.63, 3.8) is 0 Å². The predicted octanol–water partition coefficient (Wildman–Crippen LogP) is 3.91. The molecule has 2 aromatic heterocycles. The van der Waals surface area contributed by atoms with Crippen molar-refractivity contribution in [1.82, 2.24) is 14.9 Å². The van der Waals surface area contributed by atoms with E-state index in [9.17, 15) is 9.59 Å². The highest BCUT2D eigenvalue weighted by Crippen LogP contribution is 2.19. The Hall–Kier alpha value is -4.13. The highest BCUT2D eigenvalue weighted by atomic mass is 16.5. The van der Waals surface area contributed by atoms with Crippen LogP contribution in [0.3, 0.4) is 0 Å². The van der Waals surface area contributed by atoms with Crippen molar-refractivity contribution < 1.29 is 18.7 Å². The number of hydrogen-bond acceptors (Lipinski definition) is 5. The summed E-state index contributed by atoms with van der Waals surface area (Å²) in [6.07, 6.45) is 3.43. The van der Waals surface area contributed by atoms with Gasteiger partial charge in [-0.25, -0.2) is 9.78 Å². The number of esters is 1. The summed E-state index contributed by atoms with van der Waals surface area (Å²) in [4.78, 5) is 28.7. The second-order valence-corrected chi connectivity index (χ2v) is 6.90. The van der Waals surface area contributed by atoms with Gasteiger partial charge in [0.15, 0.2) is 0 Å². The molecule has 0 aliphatic rings. The topological polar surface area (TPSA) is 86.4 Å². The monoisotopic (exact) mass is 415 g/mol. The highest BCUT2D eigenvalue weighted by molar-refractivity contribution is 5.92. The smallest absolute Gasteiger partial charge is 0.337 e. The minimum Gasteiger partial charge on any atom is -0.465 e. The largest absolute Gasteiger partial charge is 0.465 e. The lowest BCUT2D eigenvalue weighted by Gasteiger charge is -2.09. The maximum absolute atomic E-state index is 12.7. The van der Waals surface area contributed by atoms with E-state index in [-0.39, 0.29) is 5.91 Å². The van der Waals surface area contributed by atoms with E-state index in [4.69, 9.17) is 4.42 Å². The first kappa shape index (κ1) is 20.2. The van der Waals surface area contributed by atoms with E-state index in [0.29, 0.717) is 30.2 Å². The second kappa shape index (κ2) is 9.13. The van der Waals surface area contributed by atoms with Gasteiger partial charge in [-0.2, -0.15) is 0 Å². The molecule has 0 atom stereocenters. The number of hydrogen-bond donors (Lipinski definition) is 1. The first-order valence-electron chi connectivity index (χ1n) is 9.74. The van der Waals surface area contributed by atoms with E-state index in [1.165, 1.54) is 7.11 Å². The van der Waals surface area contributed by atoms with Gasteiger partial charge in [-0.05, 0) is 42.0 Å².